The van der Waals surface area contributed by atoms with Crippen molar-refractivity contribution in [3.63, 3.8) is 0 Å². The van der Waals surface area contributed by atoms with Gasteiger partial charge >= 0.3 is 18.0 Å². The second kappa shape index (κ2) is 5.53. The average molecular weight is 352 g/mol. The molecule has 0 saturated carbocycles. The van der Waals surface area contributed by atoms with Crippen molar-refractivity contribution >= 4 is 0 Å². The first-order valence-corrected chi connectivity index (χ1v) is 6.42. The predicted molar refractivity (Wildman–Crippen MR) is 72.0 cm³/mol. The Bertz CT molecular complexity index is 905. The highest BCUT2D eigenvalue weighted by Gasteiger charge is 2.35. The van der Waals surface area contributed by atoms with E-state index in [0.29, 0.717) is 10.6 Å². The van der Waals surface area contributed by atoms with Crippen molar-refractivity contribution in [2.24, 2.45) is 7.05 Å². The molecule has 0 N–H and O–H groups in total. The summed E-state index contributed by atoms with van der Waals surface area (Å²) in [6.45, 7) is 1.12. The Balaban J connectivity index is 2.72. The van der Waals surface area contributed by atoms with Gasteiger partial charge in [0.15, 0.2) is 0 Å². The average Bonchev–Trinajstić information content (AvgIpc) is 2.40. The van der Waals surface area contributed by atoms with Crippen LogP contribution in [0.4, 0.5) is 26.3 Å². The molecule has 0 saturated heterocycles. The molecule has 24 heavy (non-hydrogen) atoms. The number of benzene rings is 1. The molecule has 0 unspecified atom stereocenters. The highest BCUT2D eigenvalue weighted by atomic mass is 19.4. The molecule has 0 atom stereocenters. The van der Waals surface area contributed by atoms with Gasteiger partial charge in [0.2, 0.25) is 0 Å². The van der Waals surface area contributed by atoms with Gasteiger partial charge in [-0.05, 0) is 30.7 Å². The van der Waals surface area contributed by atoms with Crippen LogP contribution in [0.1, 0.15) is 16.8 Å². The number of hydrogen-bond acceptors (Lipinski definition) is 2. The number of aryl methyl sites for hydroxylation is 1. The molecule has 4 nitrogen and oxygen atoms in total. The summed E-state index contributed by atoms with van der Waals surface area (Å²) >= 11 is 0. The lowest BCUT2D eigenvalue weighted by atomic mass is 10.1. The van der Waals surface area contributed by atoms with E-state index in [1.54, 1.807) is 0 Å². The van der Waals surface area contributed by atoms with Crippen LogP contribution in [0.15, 0.2) is 33.9 Å². The Hall–Kier alpha value is -2.52. The summed E-state index contributed by atoms with van der Waals surface area (Å²) in [5.74, 6) is 0. The minimum atomic E-state index is -4.91. The lowest BCUT2D eigenvalue weighted by Crippen LogP contribution is -2.40. The van der Waals surface area contributed by atoms with Crippen LogP contribution in [-0.4, -0.2) is 9.13 Å². The van der Waals surface area contributed by atoms with Crippen LogP contribution in [0.25, 0.3) is 5.69 Å². The third-order valence-electron chi connectivity index (χ3n) is 3.38. The third-order valence-corrected chi connectivity index (χ3v) is 3.38. The Morgan fingerprint density at radius 1 is 0.917 bits per heavy atom. The van der Waals surface area contributed by atoms with E-state index in [4.69, 9.17) is 0 Å². The highest BCUT2D eigenvalue weighted by Crippen LogP contribution is 2.32. The second-order valence-electron chi connectivity index (χ2n) is 5.04. The minimum Gasteiger partial charge on any atom is -0.292 e. The van der Waals surface area contributed by atoms with Crippen molar-refractivity contribution in [3.05, 3.63) is 61.9 Å². The van der Waals surface area contributed by atoms with E-state index in [9.17, 15) is 35.9 Å². The Labute approximate surface area is 130 Å². The van der Waals surface area contributed by atoms with Gasteiger partial charge in [-0.1, -0.05) is 0 Å². The highest BCUT2D eigenvalue weighted by molar-refractivity contribution is 5.41. The zero-order valence-electron chi connectivity index (χ0n) is 12.3. The molecule has 0 aliphatic heterocycles. The largest absolute Gasteiger partial charge is 0.431 e. The fourth-order valence-electron chi connectivity index (χ4n) is 2.24. The molecule has 0 radical (unpaired) electrons. The van der Waals surface area contributed by atoms with Crippen LogP contribution in [0, 0.1) is 6.92 Å². The normalized spacial score (nSPS) is 12.5. The molecule has 0 spiro atoms. The molecule has 0 aliphatic carbocycles. The van der Waals surface area contributed by atoms with E-state index in [2.05, 4.69) is 0 Å². The zero-order valence-corrected chi connectivity index (χ0v) is 12.3. The van der Waals surface area contributed by atoms with Gasteiger partial charge in [0.05, 0.1) is 11.3 Å². The molecule has 130 valence electrons. The molecule has 0 fully saturated rings. The van der Waals surface area contributed by atoms with Gasteiger partial charge < -0.3 is 0 Å². The topological polar surface area (TPSA) is 44.0 Å². The van der Waals surface area contributed by atoms with E-state index < -0.39 is 34.9 Å². The second-order valence-corrected chi connectivity index (χ2v) is 5.04. The minimum absolute atomic E-state index is 0.217. The van der Waals surface area contributed by atoms with Crippen LogP contribution in [0.2, 0.25) is 0 Å². The van der Waals surface area contributed by atoms with Crippen molar-refractivity contribution in [3.8, 4) is 5.69 Å². The first-order valence-electron chi connectivity index (χ1n) is 6.42. The smallest absolute Gasteiger partial charge is 0.292 e. The van der Waals surface area contributed by atoms with Crippen molar-refractivity contribution < 1.29 is 26.3 Å². The van der Waals surface area contributed by atoms with Crippen LogP contribution < -0.4 is 11.2 Å². The van der Waals surface area contributed by atoms with Gasteiger partial charge in [-0.3, -0.25) is 9.36 Å². The molecule has 0 aliphatic rings. The van der Waals surface area contributed by atoms with E-state index in [0.717, 1.165) is 26.1 Å². The number of hydrogen-bond donors (Lipinski definition) is 0. The van der Waals surface area contributed by atoms with Crippen molar-refractivity contribution in [1.29, 1.82) is 0 Å². The Morgan fingerprint density at radius 2 is 1.50 bits per heavy atom. The number of rotatable bonds is 1. The van der Waals surface area contributed by atoms with Crippen molar-refractivity contribution in [1.82, 2.24) is 9.13 Å². The molecular formula is C14H10F6N2O2. The number of nitrogens with zero attached hydrogens (tertiary/aromatic N) is 2. The quantitative estimate of drug-likeness (QED) is 0.741. The maximum absolute atomic E-state index is 12.8. The van der Waals surface area contributed by atoms with Crippen LogP contribution in [-0.2, 0) is 19.4 Å². The van der Waals surface area contributed by atoms with Gasteiger partial charge in [0, 0.05) is 13.1 Å². The Kier molecular flexibility index (Phi) is 4.11. The monoisotopic (exact) mass is 352 g/mol. The van der Waals surface area contributed by atoms with E-state index in [-0.39, 0.29) is 21.9 Å². The fraction of sp³-hybridized carbons (Fsp3) is 0.286. The summed E-state index contributed by atoms with van der Waals surface area (Å²) < 4.78 is 77.1. The van der Waals surface area contributed by atoms with Gasteiger partial charge in [-0.2, -0.15) is 26.3 Å². The summed E-state index contributed by atoms with van der Waals surface area (Å²) in [6.07, 6.45) is -9.54. The van der Waals surface area contributed by atoms with Gasteiger partial charge in [0.25, 0.3) is 5.56 Å². The molecule has 2 aromatic rings. The Morgan fingerprint density at radius 3 is 1.96 bits per heavy atom. The lowest BCUT2D eigenvalue weighted by Gasteiger charge is -2.15. The van der Waals surface area contributed by atoms with Crippen molar-refractivity contribution in [2.45, 2.75) is 19.3 Å². The van der Waals surface area contributed by atoms with Crippen molar-refractivity contribution in [2.75, 3.05) is 0 Å². The molecule has 10 heteroatoms. The predicted octanol–water partition coefficient (Wildman–Crippen LogP) is 2.88. The molecule has 2 rings (SSSR count). The fourth-order valence-corrected chi connectivity index (χ4v) is 2.24. The molecule has 0 bridgehead atoms. The number of halogens is 6. The molecule has 1 aromatic carbocycles. The van der Waals surface area contributed by atoms with Gasteiger partial charge in [-0.25, -0.2) is 9.36 Å². The van der Waals surface area contributed by atoms with E-state index in [1.165, 1.54) is 0 Å². The maximum Gasteiger partial charge on any atom is 0.431 e. The first-order chi connectivity index (χ1) is 10.8. The van der Waals surface area contributed by atoms with Gasteiger partial charge in [-0.15, -0.1) is 0 Å². The molecule has 0 amide bonds. The maximum atomic E-state index is 12.8. The van der Waals surface area contributed by atoms with Gasteiger partial charge in [0.1, 0.15) is 5.69 Å². The van der Waals surface area contributed by atoms with Crippen LogP contribution >= 0.6 is 0 Å². The van der Waals surface area contributed by atoms with E-state index in [1.807, 2.05) is 0 Å². The SMILES string of the molecule is Cc1cc(-n2c(=O)cc(C(F)(F)F)n(C)c2=O)ccc1C(F)(F)F. The zero-order chi connectivity index (χ0) is 18.4. The summed E-state index contributed by atoms with van der Waals surface area (Å²) in [4.78, 5) is 23.9. The number of alkyl halides is 6. The molecular weight excluding hydrogens is 342 g/mol. The molecule has 1 aromatic heterocycles. The molecule has 1 heterocycles. The number of aromatic nitrogens is 2. The lowest BCUT2D eigenvalue weighted by molar-refractivity contribution is -0.144. The van der Waals surface area contributed by atoms with E-state index >= 15 is 0 Å². The first kappa shape index (κ1) is 17.8. The summed E-state index contributed by atoms with van der Waals surface area (Å²) in [5.41, 5.74) is -5.53. The van der Waals surface area contributed by atoms with Crippen LogP contribution in [0.3, 0.4) is 0 Å². The summed E-state index contributed by atoms with van der Waals surface area (Å²) in [5, 5.41) is 0. The third kappa shape index (κ3) is 3.08. The summed E-state index contributed by atoms with van der Waals surface area (Å²) in [7, 11) is 0.817. The van der Waals surface area contributed by atoms with Crippen LogP contribution in [0.5, 0.6) is 0 Å². The standard InChI is InChI=1S/C14H10F6N2O2/c1-7-5-8(3-4-9(7)13(15,16)17)22-11(23)6-10(14(18,19)20)21(2)12(22)24/h3-6H,1-2H3. The summed E-state index contributed by atoms with van der Waals surface area (Å²) in [6, 6.07) is 2.65.